The molecule has 9 heteroatoms. The second kappa shape index (κ2) is 8.40. The number of hydrogen-bond acceptors (Lipinski definition) is 6. The second-order valence-electron chi connectivity index (χ2n) is 5.91. The van der Waals surface area contributed by atoms with Gasteiger partial charge in [0.05, 0.1) is 17.0 Å². The van der Waals surface area contributed by atoms with Crippen molar-refractivity contribution in [1.82, 2.24) is 4.98 Å². The molecule has 0 radical (unpaired) electrons. The normalized spacial score (nSPS) is 10.3. The highest BCUT2D eigenvalue weighted by Gasteiger charge is 2.16. The second-order valence-corrected chi connectivity index (χ2v) is 6.77. The summed E-state index contributed by atoms with van der Waals surface area (Å²) < 4.78 is 0. The van der Waals surface area contributed by atoms with E-state index in [1.165, 1.54) is 24.3 Å². The molecule has 0 spiro atoms. The van der Waals surface area contributed by atoms with Crippen LogP contribution in [0.2, 0.25) is 0 Å². The third-order valence-electron chi connectivity index (χ3n) is 3.79. The molecule has 0 unspecified atom stereocenters. The maximum absolute atomic E-state index is 12.2. The number of nitrogens with one attached hydrogen (secondary N) is 2. The number of amides is 2. The number of para-hydroxylation sites is 1. The first-order valence-corrected chi connectivity index (χ1v) is 9.16. The minimum Gasteiger partial charge on any atom is -0.326 e. The maximum Gasteiger partial charge on any atom is 0.273 e. The third-order valence-corrected chi connectivity index (χ3v) is 4.55. The molecule has 3 aromatic rings. The van der Waals surface area contributed by atoms with Crippen molar-refractivity contribution in [3.8, 4) is 11.3 Å². The van der Waals surface area contributed by atoms with Crippen molar-refractivity contribution in [1.29, 1.82) is 0 Å². The Morgan fingerprint density at radius 2 is 1.82 bits per heavy atom. The molecule has 0 saturated carbocycles. The Balaban J connectivity index is 1.67. The van der Waals surface area contributed by atoms with Gasteiger partial charge in [0, 0.05) is 35.2 Å². The fourth-order valence-electron chi connectivity index (χ4n) is 2.57. The van der Waals surface area contributed by atoms with Crippen molar-refractivity contribution in [2.75, 3.05) is 10.6 Å². The van der Waals surface area contributed by atoms with Crippen molar-refractivity contribution >= 4 is 39.7 Å². The maximum atomic E-state index is 12.2. The number of carbonyl (C=O) groups excluding carboxylic acids is 2. The van der Waals surface area contributed by atoms with Crippen LogP contribution in [0.25, 0.3) is 11.3 Å². The van der Waals surface area contributed by atoms with Gasteiger partial charge in [0.1, 0.15) is 0 Å². The number of nitrogens with zero attached hydrogens (tertiary/aromatic N) is 2. The monoisotopic (exact) mass is 396 g/mol. The fourth-order valence-corrected chi connectivity index (χ4v) is 3.30. The summed E-state index contributed by atoms with van der Waals surface area (Å²) in [6, 6.07) is 13.3. The largest absolute Gasteiger partial charge is 0.326 e. The highest BCUT2D eigenvalue weighted by atomic mass is 32.1. The van der Waals surface area contributed by atoms with Gasteiger partial charge in [-0.1, -0.05) is 30.3 Å². The summed E-state index contributed by atoms with van der Waals surface area (Å²) in [6.07, 6.45) is -0.114. The van der Waals surface area contributed by atoms with E-state index >= 15 is 0 Å². The molecule has 2 amide bonds. The van der Waals surface area contributed by atoms with Crippen molar-refractivity contribution < 1.29 is 14.5 Å². The topological polar surface area (TPSA) is 114 Å². The van der Waals surface area contributed by atoms with Gasteiger partial charge in [0.25, 0.3) is 5.69 Å². The van der Waals surface area contributed by atoms with Gasteiger partial charge in [0.2, 0.25) is 11.8 Å². The molecule has 2 aromatic carbocycles. The van der Waals surface area contributed by atoms with E-state index in [0.717, 1.165) is 5.56 Å². The van der Waals surface area contributed by atoms with Crippen molar-refractivity contribution in [3.63, 3.8) is 0 Å². The first-order chi connectivity index (χ1) is 13.4. The molecule has 0 aliphatic carbocycles. The highest BCUT2D eigenvalue weighted by Crippen LogP contribution is 2.26. The lowest BCUT2D eigenvalue weighted by Crippen LogP contribution is -2.15. The van der Waals surface area contributed by atoms with Gasteiger partial charge in [-0.25, -0.2) is 4.98 Å². The molecule has 0 aliphatic rings. The summed E-state index contributed by atoms with van der Waals surface area (Å²) in [5.74, 6) is -0.527. The number of thiazole rings is 1. The lowest BCUT2D eigenvalue weighted by molar-refractivity contribution is -0.385. The molecule has 1 aromatic heterocycles. The van der Waals surface area contributed by atoms with Gasteiger partial charge in [-0.2, -0.15) is 0 Å². The number of aromatic nitrogens is 1. The van der Waals surface area contributed by atoms with E-state index in [4.69, 9.17) is 0 Å². The predicted molar refractivity (Wildman–Crippen MR) is 107 cm³/mol. The van der Waals surface area contributed by atoms with E-state index in [0.29, 0.717) is 22.1 Å². The lowest BCUT2D eigenvalue weighted by Gasteiger charge is -2.04. The minimum absolute atomic E-state index is 0.0864. The van der Waals surface area contributed by atoms with Gasteiger partial charge in [-0.3, -0.25) is 19.7 Å². The highest BCUT2D eigenvalue weighted by molar-refractivity contribution is 7.14. The van der Waals surface area contributed by atoms with E-state index in [1.54, 1.807) is 35.7 Å². The zero-order valence-corrected chi connectivity index (χ0v) is 15.7. The Morgan fingerprint density at radius 3 is 2.50 bits per heavy atom. The number of nitro groups is 1. The van der Waals surface area contributed by atoms with E-state index in [-0.39, 0.29) is 23.9 Å². The number of hydrogen-bond donors (Lipinski definition) is 2. The Morgan fingerprint density at radius 1 is 1.11 bits per heavy atom. The van der Waals surface area contributed by atoms with E-state index < -0.39 is 4.92 Å². The van der Waals surface area contributed by atoms with Crippen LogP contribution >= 0.6 is 11.3 Å². The van der Waals surface area contributed by atoms with Crippen molar-refractivity contribution in [2.45, 2.75) is 13.3 Å². The van der Waals surface area contributed by atoms with Crippen molar-refractivity contribution in [3.05, 3.63) is 69.6 Å². The zero-order valence-electron chi connectivity index (χ0n) is 14.8. The predicted octanol–water partition coefficient (Wildman–Crippen LogP) is 3.86. The molecule has 0 saturated heterocycles. The summed E-state index contributed by atoms with van der Waals surface area (Å²) in [7, 11) is 0. The van der Waals surface area contributed by atoms with Crippen LogP contribution in [0.4, 0.5) is 16.5 Å². The molecule has 2 N–H and O–H groups in total. The average molecular weight is 396 g/mol. The van der Waals surface area contributed by atoms with Gasteiger partial charge < -0.3 is 10.6 Å². The van der Waals surface area contributed by atoms with Crippen LogP contribution < -0.4 is 10.6 Å². The van der Waals surface area contributed by atoms with Gasteiger partial charge in [-0.05, 0) is 12.1 Å². The van der Waals surface area contributed by atoms with Crippen LogP contribution in [0.15, 0.2) is 53.9 Å². The molecule has 28 heavy (non-hydrogen) atoms. The molecule has 142 valence electrons. The number of anilines is 2. The van der Waals surface area contributed by atoms with Gasteiger partial charge >= 0.3 is 0 Å². The van der Waals surface area contributed by atoms with Crippen LogP contribution in [0.3, 0.4) is 0 Å². The minimum atomic E-state index is -0.505. The molecule has 3 rings (SSSR count). The van der Waals surface area contributed by atoms with Crippen LogP contribution in [0.1, 0.15) is 12.5 Å². The first-order valence-electron chi connectivity index (χ1n) is 8.28. The number of carbonyl (C=O) groups is 2. The number of nitro benzene ring substituents is 1. The zero-order chi connectivity index (χ0) is 20.1. The molecule has 1 heterocycles. The first kappa shape index (κ1) is 19.2. The van der Waals surface area contributed by atoms with Crippen LogP contribution in [-0.2, 0) is 16.0 Å². The molecule has 0 aliphatic heterocycles. The average Bonchev–Trinajstić information content (AvgIpc) is 3.10. The van der Waals surface area contributed by atoms with Crippen LogP contribution in [0, 0.1) is 10.1 Å². The lowest BCUT2D eigenvalue weighted by atomic mass is 10.1. The summed E-state index contributed by atoms with van der Waals surface area (Å²) in [5.41, 5.74) is 2.46. The molecule has 8 nitrogen and oxygen atoms in total. The van der Waals surface area contributed by atoms with E-state index in [2.05, 4.69) is 15.6 Å². The van der Waals surface area contributed by atoms with Gasteiger partial charge in [-0.15, -0.1) is 11.3 Å². The fraction of sp³-hybridized carbons (Fsp3) is 0.105. The number of rotatable bonds is 6. The molecule has 0 bridgehead atoms. The molecular weight excluding hydrogens is 380 g/mol. The van der Waals surface area contributed by atoms with Crippen LogP contribution in [-0.4, -0.2) is 21.7 Å². The number of benzene rings is 2. The Bertz CT molecular complexity index is 1030. The van der Waals surface area contributed by atoms with Crippen LogP contribution in [0.5, 0.6) is 0 Å². The standard InChI is InChI=1S/C19H16N4O4S/c1-12(24)20-15-8-6-13(7-9-15)16-11-28-19(21-16)22-18(25)10-14-4-2-3-5-17(14)23(26)27/h2-9,11H,10H2,1H3,(H,20,24)(H,21,22,25). The Hall–Kier alpha value is -3.59. The Kier molecular flexibility index (Phi) is 5.75. The smallest absolute Gasteiger partial charge is 0.273 e. The summed E-state index contributed by atoms with van der Waals surface area (Å²) in [4.78, 5) is 38.2. The SMILES string of the molecule is CC(=O)Nc1ccc(-c2csc(NC(=O)Cc3ccccc3[N+](=O)[O-])n2)cc1. The summed E-state index contributed by atoms with van der Waals surface area (Å²) in [6.45, 7) is 1.44. The van der Waals surface area contributed by atoms with Crippen molar-refractivity contribution in [2.24, 2.45) is 0 Å². The molecular formula is C19H16N4O4S. The Labute approximate surface area is 164 Å². The molecule has 0 fully saturated rings. The van der Waals surface area contributed by atoms with E-state index in [9.17, 15) is 19.7 Å². The third kappa shape index (κ3) is 4.77. The van der Waals surface area contributed by atoms with E-state index in [1.807, 2.05) is 12.1 Å². The van der Waals surface area contributed by atoms with Gasteiger partial charge in [0.15, 0.2) is 5.13 Å². The summed E-state index contributed by atoms with van der Waals surface area (Å²) in [5, 5.41) is 18.6. The summed E-state index contributed by atoms with van der Waals surface area (Å²) >= 11 is 1.26. The molecule has 0 atom stereocenters. The quantitative estimate of drug-likeness (QED) is 0.485.